The molecule has 0 bridgehead atoms. The largest absolute Gasteiger partial charge is 0.0561 e. The van der Waals surface area contributed by atoms with E-state index in [4.69, 9.17) is 0 Å². The predicted molar refractivity (Wildman–Crippen MR) is 73.3 cm³/mol. The van der Waals surface area contributed by atoms with E-state index in [-0.39, 0.29) is 10.8 Å². The normalized spacial score (nSPS) is 13.0. The summed E-state index contributed by atoms with van der Waals surface area (Å²) in [4.78, 5) is 0. The monoisotopic (exact) mass is 218 g/mol. The minimum absolute atomic E-state index is 0.241. The second kappa shape index (κ2) is 3.91. The molecule has 0 aromatic heterocycles. The molecule has 0 saturated carbocycles. The summed E-state index contributed by atoms with van der Waals surface area (Å²) in [5.41, 5.74) is 6.26. The van der Waals surface area contributed by atoms with Crippen LogP contribution in [0.25, 0.3) is 0 Å². The molecule has 0 amide bonds. The van der Waals surface area contributed by atoms with E-state index in [2.05, 4.69) is 67.5 Å². The minimum atomic E-state index is 0.241. The molecule has 0 spiro atoms. The number of hydrogen-bond acceptors (Lipinski definition) is 0. The Hall–Kier alpha value is -0.780. The molecular weight excluding hydrogens is 192 g/mol. The van der Waals surface area contributed by atoms with Crippen molar-refractivity contribution in [3.63, 3.8) is 0 Å². The molecule has 90 valence electrons. The minimum Gasteiger partial charge on any atom is -0.0561 e. The second-order valence-corrected chi connectivity index (χ2v) is 6.98. The highest BCUT2D eigenvalue weighted by Gasteiger charge is 2.21. The van der Waals surface area contributed by atoms with Crippen LogP contribution in [0.15, 0.2) is 12.1 Å². The van der Waals surface area contributed by atoms with Crippen molar-refractivity contribution in [2.75, 3.05) is 0 Å². The van der Waals surface area contributed by atoms with Crippen LogP contribution in [0.2, 0.25) is 0 Å². The molecular formula is C16H26. The van der Waals surface area contributed by atoms with Gasteiger partial charge >= 0.3 is 0 Å². The topological polar surface area (TPSA) is 0 Å². The summed E-state index contributed by atoms with van der Waals surface area (Å²) in [6.07, 6.45) is 0. The Morgan fingerprint density at radius 1 is 0.625 bits per heavy atom. The molecule has 0 saturated heterocycles. The smallest absolute Gasteiger partial charge is 0.0129 e. The summed E-state index contributed by atoms with van der Waals surface area (Å²) in [6, 6.07) is 4.74. The van der Waals surface area contributed by atoms with Gasteiger partial charge in [-0.1, -0.05) is 53.7 Å². The summed E-state index contributed by atoms with van der Waals surface area (Å²) in [6.45, 7) is 18.2. The highest BCUT2D eigenvalue weighted by Crippen LogP contribution is 2.32. The van der Waals surface area contributed by atoms with Crippen LogP contribution >= 0.6 is 0 Å². The van der Waals surface area contributed by atoms with Crippen molar-refractivity contribution in [3.8, 4) is 0 Å². The van der Waals surface area contributed by atoms with Crippen molar-refractivity contribution in [1.29, 1.82) is 0 Å². The van der Waals surface area contributed by atoms with Gasteiger partial charge in [0.1, 0.15) is 0 Å². The van der Waals surface area contributed by atoms with E-state index >= 15 is 0 Å². The number of hydrogen-bond donors (Lipinski definition) is 0. The molecule has 0 heterocycles. The molecule has 0 aliphatic rings. The van der Waals surface area contributed by atoms with E-state index in [1.165, 1.54) is 22.3 Å². The van der Waals surface area contributed by atoms with Crippen LogP contribution in [0.3, 0.4) is 0 Å². The molecule has 0 N–H and O–H groups in total. The molecule has 0 radical (unpaired) electrons. The summed E-state index contributed by atoms with van der Waals surface area (Å²) >= 11 is 0. The van der Waals surface area contributed by atoms with Crippen molar-refractivity contribution < 1.29 is 0 Å². The van der Waals surface area contributed by atoms with Crippen LogP contribution in [-0.2, 0) is 10.8 Å². The van der Waals surface area contributed by atoms with Gasteiger partial charge in [0.05, 0.1) is 0 Å². The highest BCUT2D eigenvalue weighted by atomic mass is 14.3. The average Bonchev–Trinajstić information content (AvgIpc) is 2.04. The fraction of sp³-hybridized carbons (Fsp3) is 0.625. The zero-order chi connectivity index (χ0) is 12.7. The third kappa shape index (κ3) is 2.66. The van der Waals surface area contributed by atoms with Crippen molar-refractivity contribution >= 4 is 0 Å². The van der Waals surface area contributed by atoms with E-state index < -0.39 is 0 Å². The third-order valence-electron chi connectivity index (χ3n) is 3.19. The Morgan fingerprint density at radius 2 is 0.875 bits per heavy atom. The Bertz CT molecular complexity index is 344. The van der Waals surface area contributed by atoms with Crippen LogP contribution < -0.4 is 0 Å². The maximum absolute atomic E-state index is 2.37. The fourth-order valence-electron chi connectivity index (χ4n) is 2.43. The van der Waals surface area contributed by atoms with Crippen LogP contribution in [-0.4, -0.2) is 0 Å². The van der Waals surface area contributed by atoms with Gasteiger partial charge < -0.3 is 0 Å². The second-order valence-electron chi connectivity index (χ2n) is 6.98. The van der Waals surface area contributed by atoms with Crippen molar-refractivity contribution in [2.45, 2.75) is 66.2 Å². The molecule has 0 atom stereocenters. The van der Waals surface area contributed by atoms with Crippen LogP contribution in [0.4, 0.5) is 0 Å². The number of aryl methyl sites for hydroxylation is 2. The van der Waals surface area contributed by atoms with E-state index in [0.717, 1.165) is 0 Å². The van der Waals surface area contributed by atoms with E-state index in [9.17, 15) is 0 Å². The van der Waals surface area contributed by atoms with Crippen LogP contribution in [0.5, 0.6) is 0 Å². The molecule has 0 nitrogen and oxygen atoms in total. The zero-order valence-electron chi connectivity index (χ0n) is 12.2. The summed E-state index contributed by atoms with van der Waals surface area (Å²) in [7, 11) is 0. The Balaban J connectivity index is 3.40. The molecule has 0 aliphatic heterocycles. The Morgan fingerprint density at radius 3 is 1.06 bits per heavy atom. The van der Waals surface area contributed by atoms with Gasteiger partial charge in [0.2, 0.25) is 0 Å². The van der Waals surface area contributed by atoms with Gasteiger partial charge in [-0.2, -0.15) is 0 Å². The predicted octanol–water partition coefficient (Wildman–Crippen LogP) is 4.90. The van der Waals surface area contributed by atoms with Gasteiger partial charge in [-0.15, -0.1) is 0 Å². The first-order chi connectivity index (χ1) is 7.03. The zero-order valence-corrected chi connectivity index (χ0v) is 12.2. The van der Waals surface area contributed by atoms with Gasteiger partial charge in [-0.3, -0.25) is 0 Å². The molecule has 0 heteroatoms. The Kier molecular flexibility index (Phi) is 3.24. The molecule has 0 aliphatic carbocycles. The Labute approximate surface area is 101 Å². The SMILES string of the molecule is Cc1cc(C(C)(C)C)c(C)cc1C(C)(C)C. The molecule has 0 unspecified atom stereocenters. The lowest BCUT2D eigenvalue weighted by Gasteiger charge is -2.28. The van der Waals surface area contributed by atoms with Gasteiger partial charge in [0, 0.05) is 0 Å². The van der Waals surface area contributed by atoms with Gasteiger partial charge in [0.15, 0.2) is 0 Å². The maximum atomic E-state index is 2.37. The first kappa shape index (κ1) is 13.3. The first-order valence-corrected chi connectivity index (χ1v) is 6.15. The number of benzene rings is 1. The lowest BCUT2D eigenvalue weighted by Crippen LogP contribution is -2.18. The summed E-state index contributed by atoms with van der Waals surface area (Å²) in [5, 5.41) is 0. The number of rotatable bonds is 0. The van der Waals surface area contributed by atoms with Crippen molar-refractivity contribution in [3.05, 3.63) is 34.4 Å². The van der Waals surface area contributed by atoms with E-state index in [0.29, 0.717) is 0 Å². The molecule has 1 aromatic carbocycles. The molecule has 16 heavy (non-hydrogen) atoms. The molecule has 0 fully saturated rings. The molecule has 1 aromatic rings. The van der Waals surface area contributed by atoms with Gasteiger partial charge in [-0.05, 0) is 46.9 Å². The molecule has 1 rings (SSSR count). The first-order valence-electron chi connectivity index (χ1n) is 6.15. The lowest BCUT2D eigenvalue weighted by atomic mass is 9.77. The fourth-order valence-corrected chi connectivity index (χ4v) is 2.43. The van der Waals surface area contributed by atoms with E-state index in [1.807, 2.05) is 0 Å². The standard InChI is InChI=1S/C16H26/c1-11-9-14(16(6,7)8)12(2)10-13(11)15(3,4)5/h9-10H,1-8H3. The summed E-state index contributed by atoms with van der Waals surface area (Å²) in [5.74, 6) is 0. The summed E-state index contributed by atoms with van der Waals surface area (Å²) < 4.78 is 0. The van der Waals surface area contributed by atoms with Crippen LogP contribution in [0, 0.1) is 13.8 Å². The van der Waals surface area contributed by atoms with Crippen molar-refractivity contribution in [2.24, 2.45) is 0 Å². The van der Waals surface area contributed by atoms with Gasteiger partial charge in [-0.25, -0.2) is 0 Å². The van der Waals surface area contributed by atoms with Gasteiger partial charge in [0.25, 0.3) is 0 Å². The quantitative estimate of drug-likeness (QED) is 0.581. The third-order valence-corrected chi connectivity index (χ3v) is 3.19. The highest BCUT2D eigenvalue weighted by molar-refractivity contribution is 5.43. The average molecular weight is 218 g/mol. The van der Waals surface area contributed by atoms with Crippen molar-refractivity contribution in [1.82, 2.24) is 0 Å². The van der Waals surface area contributed by atoms with Crippen LogP contribution in [0.1, 0.15) is 63.8 Å². The maximum Gasteiger partial charge on any atom is -0.0129 e. The lowest BCUT2D eigenvalue weighted by molar-refractivity contribution is 0.569. The van der Waals surface area contributed by atoms with E-state index in [1.54, 1.807) is 0 Å².